The minimum Gasteiger partial charge on any atom is -0.384 e. The van der Waals surface area contributed by atoms with Crippen LogP contribution in [0.4, 0.5) is 0 Å². The van der Waals surface area contributed by atoms with Crippen LogP contribution in [0.2, 0.25) is 0 Å². The second-order valence-electron chi connectivity index (χ2n) is 1.49. The molecule has 0 unspecified atom stereocenters. The van der Waals surface area contributed by atoms with Gasteiger partial charge in [0.05, 0.1) is 6.20 Å². The van der Waals surface area contributed by atoms with Crippen LogP contribution < -0.4 is 11.5 Å². The molecule has 0 aromatic carbocycles. The fraction of sp³-hybridized carbons (Fsp3) is 0. The molecule has 0 saturated carbocycles. The Balaban J connectivity index is 3.00. The second kappa shape index (κ2) is 2.15. The van der Waals surface area contributed by atoms with Crippen LogP contribution in [0.25, 0.3) is 0 Å². The predicted octanol–water partition coefficient (Wildman–Crippen LogP) is -0.659. The van der Waals surface area contributed by atoms with E-state index in [0.29, 0.717) is 11.7 Å². The molecule has 0 spiro atoms. The van der Waals surface area contributed by atoms with Crippen molar-refractivity contribution in [3.63, 3.8) is 0 Å². The van der Waals surface area contributed by atoms with Crippen molar-refractivity contribution in [1.29, 1.82) is 0 Å². The minimum atomic E-state index is 0.324. The van der Waals surface area contributed by atoms with Crippen LogP contribution in [-0.2, 0) is 0 Å². The Morgan fingerprint density at radius 2 is 2.22 bits per heavy atom. The minimum absolute atomic E-state index is 0.324. The molecule has 1 aliphatic heterocycles. The molecule has 0 aromatic rings. The first kappa shape index (κ1) is 5.59. The van der Waals surface area contributed by atoms with Gasteiger partial charge in [0.25, 0.3) is 0 Å². The van der Waals surface area contributed by atoms with Gasteiger partial charge in [-0.1, -0.05) is 0 Å². The van der Waals surface area contributed by atoms with Crippen LogP contribution in [-0.4, -0.2) is 11.7 Å². The van der Waals surface area contributed by atoms with Gasteiger partial charge >= 0.3 is 0 Å². The molecule has 4 heteroatoms. The Hall–Kier alpha value is -1.54. The fourth-order valence-electron chi connectivity index (χ4n) is 0.428. The molecule has 0 radical (unpaired) electrons. The summed E-state index contributed by atoms with van der Waals surface area (Å²) in [5.41, 5.74) is 10.6. The maximum Gasteiger partial charge on any atom is 0.136 e. The molecule has 1 heterocycles. The highest BCUT2D eigenvalue weighted by molar-refractivity contribution is 5.93. The summed E-state index contributed by atoms with van der Waals surface area (Å²) in [4.78, 5) is 7.30. The van der Waals surface area contributed by atoms with Gasteiger partial charge in [0.15, 0.2) is 0 Å². The lowest BCUT2D eigenvalue weighted by Gasteiger charge is -1.86. The van der Waals surface area contributed by atoms with E-state index in [1.54, 1.807) is 0 Å². The van der Waals surface area contributed by atoms with E-state index in [4.69, 9.17) is 11.5 Å². The normalized spacial score (nSPS) is 16.4. The van der Waals surface area contributed by atoms with Crippen molar-refractivity contribution in [2.45, 2.75) is 0 Å². The van der Waals surface area contributed by atoms with Gasteiger partial charge in [0.2, 0.25) is 0 Å². The summed E-state index contributed by atoms with van der Waals surface area (Å²) in [6, 6.07) is 0. The van der Waals surface area contributed by atoms with E-state index in [2.05, 4.69) is 15.9 Å². The molecule has 0 fully saturated rings. The van der Waals surface area contributed by atoms with Gasteiger partial charge in [0, 0.05) is 11.9 Å². The van der Waals surface area contributed by atoms with Crippen molar-refractivity contribution in [1.82, 2.24) is 0 Å². The maximum atomic E-state index is 5.29. The van der Waals surface area contributed by atoms with Crippen LogP contribution in [0.15, 0.2) is 28.1 Å². The van der Waals surface area contributed by atoms with Crippen LogP contribution in [0.3, 0.4) is 0 Å². The zero-order valence-electron chi connectivity index (χ0n) is 4.70. The summed E-state index contributed by atoms with van der Waals surface area (Å²) in [6.07, 6.45) is 2.84. The lowest BCUT2D eigenvalue weighted by Crippen LogP contribution is -2.09. The molecular weight excluding hydrogens is 116 g/mol. The van der Waals surface area contributed by atoms with E-state index in [-0.39, 0.29) is 0 Å². The first-order chi connectivity index (χ1) is 4.29. The molecule has 46 valence electrons. The van der Waals surface area contributed by atoms with E-state index >= 15 is 0 Å². The molecule has 0 bridgehead atoms. The summed E-state index contributed by atoms with van der Waals surface area (Å²) in [7, 11) is 0. The number of amidine groups is 1. The molecule has 0 amide bonds. The third kappa shape index (κ3) is 1.44. The number of aliphatic imine (C=N–C) groups is 2. The Labute approximate surface area is 52.3 Å². The molecule has 0 saturated heterocycles. The highest BCUT2D eigenvalue weighted by atomic mass is 14.9. The quantitative estimate of drug-likeness (QED) is 0.447. The largest absolute Gasteiger partial charge is 0.384 e. The standard InChI is InChI=1S/C5H6N4/c6-4-3-5(7)9-2-1-8-4/h1,3H,7H2,(H2,6,8). The lowest BCUT2D eigenvalue weighted by molar-refractivity contribution is 1.27. The summed E-state index contributed by atoms with van der Waals surface area (Å²) in [6.45, 7) is 0. The SMILES string of the molecule is NC1=CC(N)=NC=C=N1. The fourth-order valence-corrected chi connectivity index (χ4v) is 0.428. The number of nitrogens with zero attached hydrogens (tertiary/aromatic N) is 2. The summed E-state index contributed by atoms with van der Waals surface area (Å²) in [5.74, 6) is 3.14. The highest BCUT2D eigenvalue weighted by Crippen LogP contribution is 1.87. The maximum absolute atomic E-state index is 5.29. The van der Waals surface area contributed by atoms with Crippen molar-refractivity contribution in [3.05, 3.63) is 18.1 Å². The second-order valence-corrected chi connectivity index (χ2v) is 1.49. The van der Waals surface area contributed by atoms with Gasteiger partial charge in [-0.2, -0.15) is 4.99 Å². The first-order valence-corrected chi connectivity index (χ1v) is 2.37. The van der Waals surface area contributed by atoms with E-state index in [0.717, 1.165) is 0 Å². The molecule has 0 atom stereocenters. The number of rotatable bonds is 0. The number of hydrogen-bond donors (Lipinski definition) is 2. The van der Waals surface area contributed by atoms with E-state index in [9.17, 15) is 0 Å². The molecule has 0 aliphatic carbocycles. The molecule has 1 aliphatic rings. The third-order valence-corrected chi connectivity index (χ3v) is 0.761. The van der Waals surface area contributed by atoms with E-state index < -0.39 is 0 Å². The Kier molecular flexibility index (Phi) is 1.34. The van der Waals surface area contributed by atoms with Crippen molar-refractivity contribution in [2.75, 3.05) is 0 Å². The zero-order chi connectivity index (χ0) is 6.69. The third-order valence-electron chi connectivity index (χ3n) is 0.761. The van der Waals surface area contributed by atoms with Gasteiger partial charge in [-0.05, 0) is 0 Å². The molecular formula is C5H6N4. The Morgan fingerprint density at radius 1 is 1.44 bits per heavy atom. The topological polar surface area (TPSA) is 76.8 Å². The monoisotopic (exact) mass is 122 g/mol. The van der Waals surface area contributed by atoms with Crippen molar-refractivity contribution in [2.24, 2.45) is 21.5 Å². The molecule has 0 aromatic heterocycles. The van der Waals surface area contributed by atoms with Gasteiger partial charge in [-0.15, -0.1) is 0 Å². The summed E-state index contributed by atoms with van der Waals surface area (Å²) in [5, 5.41) is 0. The molecule has 4 nitrogen and oxygen atoms in total. The Bertz CT molecular complexity index is 229. The smallest absolute Gasteiger partial charge is 0.136 e. The average molecular weight is 122 g/mol. The van der Waals surface area contributed by atoms with Gasteiger partial charge in [0.1, 0.15) is 11.7 Å². The van der Waals surface area contributed by atoms with Gasteiger partial charge < -0.3 is 11.5 Å². The summed E-state index contributed by atoms with van der Waals surface area (Å²) < 4.78 is 0. The van der Waals surface area contributed by atoms with Gasteiger partial charge in [-0.25, -0.2) is 4.99 Å². The molecule has 9 heavy (non-hydrogen) atoms. The van der Waals surface area contributed by atoms with E-state index in [1.165, 1.54) is 12.3 Å². The summed E-state index contributed by atoms with van der Waals surface area (Å²) >= 11 is 0. The van der Waals surface area contributed by atoms with Crippen LogP contribution in [0.5, 0.6) is 0 Å². The van der Waals surface area contributed by atoms with Crippen molar-refractivity contribution in [3.8, 4) is 0 Å². The number of hydrogen-bond acceptors (Lipinski definition) is 4. The van der Waals surface area contributed by atoms with E-state index in [1.807, 2.05) is 0 Å². The Morgan fingerprint density at radius 3 is 3.00 bits per heavy atom. The van der Waals surface area contributed by atoms with Crippen LogP contribution in [0.1, 0.15) is 0 Å². The van der Waals surface area contributed by atoms with Crippen molar-refractivity contribution >= 4 is 11.7 Å². The predicted molar refractivity (Wildman–Crippen MR) is 35.9 cm³/mol. The lowest BCUT2D eigenvalue weighted by atomic mass is 10.5. The number of nitrogens with two attached hydrogens (primary N) is 2. The van der Waals surface area contributed by atoms with Crippen molar-refractivity contribution < 1.29 is 0 Å². The molecule has 4 N–H and O–H groups in total. The zero-order valence-corrected chi connectivity index (χ0v) is 4.70. The van der Waals surface area contributed by atoms with Crippen LogP contribution in [0, 0.1) is 0 Å². The first-order valence-electron chi connectivity index (χ1n) is 2.37. The molecule has 1 rings (SSSR count). The van der Waals surface area contributed by atoms with Gasteiger partial charge in [-0.3, -0.25) is 0 Å². The van der Waals surface area contributed by atoms with Crippen LogP contribution >= 0.6 is 0 Å². The average Bonchev–Trinajstić information content (AvgIpc) is 1.93. The highest BCUT2D eigenvalue weighted by Gasteiger charge is 1.88.